The predicted molar refractivity (Wildman–Crippen MR) is 90.4 cm³/mol. The Morgan fingerprint density at radius 2 is 2.00 bits per heavy atom. The lowest BCUT2D eigenvalue weighted by Gasteiger charge is -2.09. The number of rotatable bonds is 8. The summed E-state index contributed by atoms with van der Waals surface area (Å²) in [5, 5.41) is 12.4. The molecule has 6 nitrogen and oxygen atoms in total. The minimum Gasteiger partial charge on any atom is -0.493 e. The molecule has 7 heteroatoms. The number of benzene rings is 1. The number of hydrogen-bond acceptors (Lipinski definition) is 6. The second-order valence-electron chi connectivity index (χ2n) is 5.02. The van der Waals surface area contributed by atoms with Gasteiger partial charge in [0.1, 0.15) is 5.01 Å². The van der Waals surface area contributed by atoms with Crippen LogP contribution in [-0.2, 0) is 17.6 Å². The van der Waals surface area contributed by atoms with Gasteiger partial charge >= 0.3 is 0 Å². The van der Waals surface area contributed by atoms with E-state index in [0.29, 0.717) is 16.6 Å². The molecule has 0 saturated carbocycles. The summed E-state index contributed by atoms with van der Waals surface area (Å²) in [6.07, 6.45) is 3.33. The summed E-state index contributed by atoms with van der Waals surface area (Å²) in [5.74, 6) is 1.12. The molecule has 1 heterocycles. The van der Waals surface area contributed by atoms with Gasteiger partial charge in [0.2, 0.25) is 11.0 Å². The molecule has 1 aromatic carbocycles. The average molecular weight is 335 g/mol. The first-order valence-corrected chi connectivity index (χ1v) is 8.31. The molecule has 124 valence electrons. The Kier molecular flexibility index (Phi) is 6.34. The minimum absolute atomic E-state index is 0.129. The van der Waals surface area contributed by atoms with Crippen molar-refractivity contribution in [3.8, 4) is 11.5 Å². The van der Waals surface area contributed by atoms with Gasteiger partial charge in [0.15, 0.2) is 11.5 Å². The number of carbonyl (C=O) groups excluding carboxylic acids is 1. The topological polar surface area (TPSA) is 73.3 Å². The number of unbranched alkanes of at least 4 members (excludes halogenated alkanes) is 1. The van der Waals surface area contributed by atoms with Crippen molar-refractivity contribution in [1.82, 2.24) is 10.2 Å². The molecule has 1 amide bonds. The van der Waals surface area contributed by atoms with E-state index in [1.54, 1.807) is 26.4 Å². The van der Waals surface area contributed by atoms with Gasteiger partial charge in [0.25, 0.3) is 0 Å². The predicted octanol–water partition coefficient (Wildman–Crippen LogP) is 3.08. The number of hydrogen-bond donors (Lipinski definition) is 1. The largest absolute Gasteiger partial charge is 0.493 e. The molecule has 0 fully saturated rings. The molecular formula is C16H21N3O3S. The van der Waals surface area contributed by atoms with E-state index >= 15 is 0 Å². The molecule has 0 unspecified atom stereocenters. The quantitative estimate of drug-likeness (QED) is 0.802. The standard InChI is InChI=1S/C16H21N3O3S/c1-4-5-6-15-18-19-16(23-15)17-14(20)10-11-7-8-12(21-2)13(9-11)22-3/h7-9H,4-6,10H2,1-3H3,(H,17,19,20). The van der Waals surface area contributed by atoms with Gasteiger partial charge in [-0.05, 0) is 24.1 Å². The Morgan fingerprint density at radius 1 is 1.22 bits per heavy atom. The molecule has 0 aliphatic rings. The SMILES string of the molecule is CCCCc1nnc(NC(=O)Cc2ccc(OC)c(OC)c2)s1. The van der Waals surface area contributed by atoms with Crippen molar-refractivity contribution in [3.63, 3.8) is 0 Å². The van der Waals surface area contributed by atoms with Crippen LogP contribution in [-0.4, -0.2) is 30.3 Å². The van der Waals surface area contributed by atoms with Crippen LogP contribution in [0.5, 0.6) is 11.5 Å². The molecule has 0 bridgehead atoms. The summed E-state index contributed by atoms with van der Waals surface area (Å²) in [6, 6.07) is 5.42. The molecule has 0 atom stereocenters. The lowest BCUT2D eigenvalue weighted by Crippen LogP contribution is -2.14. The minimum atomic E-state index is -0.129. The molecule has 0 aliphatic heterocycles. The Hall–Kier alpha value is -2.15. The normalized spacial score (nSPS) is 10.4. The third-order valence-corrected chi connectivity index (χ3v) is 4.17. The number of amides is 1. The Labute approximate surface area is 139 Å². The Balaban J connectivity index is 1.95. The van der Waals surface area contributed by atoms with Crippen LogP contribution >= 0.6 is 11.3 Å². The number of aryl methyl sites for hydroxylation is 1. The van der Waals surface area contributed by atoms with Crippen molar-refractivity contribution in [1.29, 1.82) is 0 Å². The summed E-state index contributed by atoms with van der Waals surface area (Å²) in [4.78, 5) is 12.1. The first-order chi connectivity index (χ1) is 11.2. The maximum Gasteiger partial charge on any atom is 0.230 e. The van der Waals surface area contributed by atoms with E-state index in [4.69, 9.17) is 9.47 Å². The van der Waals surface area contributed by atoms with E-state index in [1.165, 1.54) is 11.3 Å². The van der Waals surface area contributed by atoms with Gasteiger partial charge in [0, 0.05) is 6.42 Å². The number of nitrogens with zero attached hydrogens (tertiary/aromatic N) is 2. The number of aromatic nitrogens is 2. The zero-order valence-electron chi connectivity index (χ0n) is 13.6. The van der Waals surface area contributed by atoms with Crippen molar-refractivity contribution in [3.05, 3.63) is 28.8 Å². The number of nitrogens with one attached hydrogen (secondary N) is 1. The lowest BCUT2D eigenvalue weighted by molar-refractivity contribution is -0.115. The van der Waals surface area contributed by atoms with Crippen LogP contribution in [0, 0.1) is 0 Å². The second kappa shape index (κ2) is 8.47. The van der Waals surface area contributed by atoms with Crippen LogP contribution in [0.25, 0.3) is 0 Å². The van der Waals surface area contributed by atoms with E-state index in [0.717, 1.165) is 29.8 Å². The lowest BCUT2D eigenvalue weighted by atomic mass is 10.1. The van der Waals surface area contributed by atoms with Gasteiger partial charge in [-0.15, -0.1) is 10.2 Å². The van der Waals surface area contributed by atoms with Crippen molar-refractivity contribution in [2.45, 2.75) is 32.6 Å². The van der Waals surface area contributed by atoms with E-state index in [1.807, 2.05) is 6.07 Å². The number of methoxy groups -OCH3 is 2. The zero-order chi connectivity index (χ0) is 16.7. The third kappa shape index (κ3) is 4.92. The highest BCUT2D eigenvalue weighted by atomic mass is 32.1. The molecular weight excluding hydrogens is 314 g/mol. The summed E-state index contributed by atoms with van der Waals surface area (Å²) in [6.45, 7) is 2.13. The van der Waals surface area contributed by atoms with Crippen LogP contribution < -0.4 is 14.8 Å². The number of carbonyl (C=O) groups is 1. The van der Waals surface area contributed by atoms with Crippen LogP contribution in [0.2, 0.25) is 0 Å². The van der Waals surface area contributed by atoms with E-state index in [9.17, 15) is 4.79 Å². The molecule has 1 N–H and O–H groups in total. The van der Waals surface area contributed by atoms with Gasteiger partial charge in [-0.3, -0.25) is 4.79 Å². The zero-order valence-corrected chi connectivity index (χ0v) is 14.4. The van der Waals surface area contributed by atoms with Gasteiger partial charge < -0.3 is 14.8 Å². The van der Waals surface area contributed by atoms with Crippen LogP contribution in [0.15, 0.2) is 18.2 Å². The highest BCUT2D eigenvalue weighted by Gasteiger charge is 2.11. The van der Waals surface area contributed by atoms with Crippen LogP contribution in [0.3, 0.4) is 0 Å². The molecule has 23 heavy (non-hydrogen) atoms. The molecule has 2 rings (SSSR count). The summed E-state index contributed by atoms with van der Waals surface area (Å²) < 4.78 is 10.4. The highest BCUT2D eigenvalue weighted by Crippen LogP contribution is 2.27. The van der Waals surface area contributed by atoms with E-state index in [-0.39, 0.29) is 12.3 Å². The van der Waals surface area contributed by atoms with Crippen molar-refractivity contribution in [2.24, 2.45) is 0 Å². The highest BCUT2D eigenvalue weighted by molar-refractivity contribution is 7.15. The number of ether oxygens (including phenoxy) is 2. The van der Waals surface area contributed by atoms with Crippen LogP contribution in [0.1, 0.15) is 30.3 Å². The molecule has 0 saturated heterocycles. The van der Waals surface area contributed by atoms with Crippen LogP contribution in [0.4, 0.5) is 5.13 Å². The van der Waals surface area contributed by atoms with Crippen molar-refractivity contribution < 1.29 is 14.3 Å². The third-order valence-electron chi connectivity index (χ3n) is 3.27. The number of anilines is 1. The van der Waals surface area contributed by atoms with Crippen molar-refractivity contribution >= 4 is 22.4 Å². The average Bonchev–Trinajstić information content (AvgIpc) is 2.99. The van der Waals surface area contributed by atoms with Crippen molar-refractivity contribution in [2.75, 3.05) is 19.5 Å². The maximum absolute atomic E-state index is 12.1. The fraction of sp³-hybridized carbons (Fsp3) is 0.438. The molecule has 0 aliphatic carbocycles. The van der Waals surface area contributed by atoms with Gasteiger partial charge in [-0.1, -0.05) is 30.7 Å². The summed E-state index contributed by atoms with van der Waals surface area (Å²) in [7, 11) is 3.15. The van der Waals surface area contributed by atoms with E-state index in [2.05, 4.69) is 22.4 Å². The van der Waals surface area contributed by atoms with Gasteiger partial charge in [-0.25, -0.2) is 0 Å². The summed E-state index contributed by atoms with van der Waals surface area (Å²) in [5.41, 5.74) is 0.843. The fourth-order valence-corrected chi connectivity index (χ4v) is 2.87. The Bertz CT molecular complexity index is 658. The van der Waals surface area contributed by atoms with E-state index < -0.39 is 0 Å². The maximum atomic E-state index is 12.1. The van der Waals surface area contributed by atoms with Gasteiger partial charge in [0.05, 0.1) is 20.6 Å². The molecule has 0 spiro atoms. The first-order valence-electron chi connectivity index (χ1n) is 7.49. The monoisotopic (exact) mass is 335 g/mol. The smallest absolute Gasteiger partial charge is 0.230 e. The fourth-order valence-electron chi connectivity index (χ4n) is 2.07. The molecule has 2 aromatic rings. The summed E-state index contributed by atoms with van der Waals surface area (Å²) >= 11 is 1.43. The molecule has 0 radical (unpaired) electrons. The molecule has 1 aromatic heterocycles. The first kappa shape index (κ1) is 17.2. The van der Waals surface area contributed by atoms with Gasteiger partial charge in [-0.2, -0.15) is 0 Å². The second-order valence-corrected chi connectivity index (χ2v) is 6.08. The Morgan fingerprint density at radius 3 is 2.70 bits per heavy atom.